The molecule has 0 aromatic heterocycles. The molecular formula is C15H26O3SY-2. The average molecular weight is 375 g/mol. The molecule has 2 fully saturated rings. The van der Waals surface area contributed by atoms with Gasteiger partial charge in [0.15, 0.2) is 5.44 Å². The van der Waals surface area contributed by atoms with E-state index in [-0.39, 0.29) is 52.2 Å². The van der Waals surface area contributed by atoms with E-state index < -0.39 is 5.44 Å². The number of hydrogen-bond acceptors (Lipinski definition) is 4. The zero-order valence-corrected chi connectivity index (χ0v) is 16.7. The summed E-state index contributed by atoms with van der Waals surface area (Å²) in [6, 6.07) is 0. The fourth-order valence-electron chi connectivity index (χ4n) is 2.87. The van der Waals surface area contributed by atoms with Crippen LogP contribution in [0.25, 0.3) is 0 Å². The van der Waals surface area contributed by atoms with Crippen molar-refractivity contribution in [2.24, 2.45) is 17.8 Å². The van der Waals surface area contributed by atoms with Crippen molar-refractivity contribution >= 4 is 17.7 Å². The summed E-state index contributed by atoms with van der Waals surface area (Å²) >= 11 is 1.50. The van der Waals surface area contributed by atoms with E-state index in [0.717, 1.165) is 12.2 Å². The summed E-state index contributed by atoms with van der Waals surface area (Å²) in [6.07, 6.45) is 3.49. The Bertz CT molecular complexity index is 293. The monoisotopic (exact) mass is 375 g/mol. The first-order valence-corrected chi connectivity index (χ1v) is 7.92. The van der Waals surface area contributed by atoms with Crippen molar-refractivity contribution in [1.29, 1.82) is 0 Å². The van der Waals surface area contributed by atoms with E-state index in [9.17, 15) is 4.79 Å². The molecule has 0 unspecified atom stereocenters. The minimum atomic E-state index is -0.435. The molecule has 3 nitrogen and oxygen atoms in total. The van der Waals surface area contributed by atoms with Crippen LogP contribution in [0.4, 0.5) is 0 Å². The second kappa shape index (κ2) is 9.81. The molecule has 0 bridgehead atoms. The molecule has 2 aliphatic rings. The molecule has 0 spiro atoms. The van der Waals surface area contributed by atoms with Gasteiger partial charge in [-0.25, -0.2) is 11.4 Å². The zero-order valence-electron chi connectivity index (χ0n) is 13.0. The SMILES string of the molecule is CC(C)[C@@H]1CC[C@@H](C)C[C@H]1OC(=O)[C@@H]1O[CH-]CS1.[CH3-].[Y]. The molecule has 1 radical (unpaired) electrons. The molecule has 0 aromatic rings. The molecule has 2 rings (SSSR count). The summed E-state index contributed by atoms with van der Waals surface area (Å²) in [5.74, 6) is 2.30. The van der Waals surface area contributed by atoms with Crippen LogP contribution in [-0.4, -0.2) is 23.3 Å². The fraction of sp³-hybridized carbons (Fsp3) is 0.800. The van der Waals surface area contributed by atoms with Crippen LogP contribution in [0.5, 0.6) is 0 Å². The molecule has 0 N–H and O–H groups in total. The summed E-state index contributed by atoms with van der Waals surface area (Å²) in [5.41, 5.74) is -0.435. The van der Waals surface area contributed by atoms with Gasteiger partial charge in [0.1, 0.15) is 6.10 Å². The third kappa shape index (κ3) is 5.59. The van der Waals surface area contributed by atoms with Crippen LogP contribution >= 0.6 is 11.8 Å². The number of rotatable bonds is 3. The van der Waals surface area contributed by atoms with Crippen LogP contribution in [0, 0.1) is 31.8 Å². The van der Waals surface area contributed by atoms with Gasteiger partial charge in [0.25, 0.3) is 0 Å². The number of hydrogen-bond donors (Lipinski definition) is 0. The summed E-state index contributed by atoms with van der Waals surface area (Å²) in [5, 5.41) is 0. The Balaban J connectivity index is 0.00000180. The smallest absolute Gasteiger partial charge is 0.343 e. The quantitative estimate of drug-likeness (QED) is 0.557. The number of ether oxygens (including phenoxy) is 2. The molecule has 1 aliphatic heterocycles. The Hall–Kier alpha value is 0.884. The molecule has 1 saturated carbocycles. The second-order valence-electron chi connectivity index (χ2n) is 5.77. The van der Waals surface area contributed by atoms with Gasteiger partial charge >= 0.3 is 5.97 Å². The standard InChI is InChI=1S/C14H23O3S.CH3.Y/c1-9(2)11-5-4-10(3)8-12(11)17-13(15)14-16-6-7-18-14;;/h6,9-12,14H,4-5,7-8H2,1-3H3;1H3;/q2*-1;/t10-,11+,12-,14-;;/m1../s1. The molecule has 1 saturated heterocycles. The van der Waals surface area contributed by atoms with Crippen molar-refractivity contribution < 1.29 is 47.0 Å². The Morgan fingerprint density at radius 2 is 2.10 bits per heavy atom. The first-order valence-electron chi connectivity index (χ1n) is 6.87. The number of thioether (sulfide) groups is 1. The third-order valence-electron chi connectivity index (χ3n) is 3.96. The number of esters is 1. The van der Waals surface area contributed by atoms with Crippen molar-refractivity contribution in [1.82, 2.24) is 0 Å². The Morgan fingerprint density at radius 3 is 2.65 bits per heavy atom. The van der Waals surface area contributed by atoms with E-state index in [1.54, 1.807) is 6.61 Å². The summed E-state index contributed by atoms with van der Waals surface area (Å²) in [6.45, 7) is 8.36. The van der Waals surface area contributed by atoms with Crippen LogP contribution in [0.1, 0.15) is 40.0 Å². The van der Waals surface area contributed by atoms with E-state index in [2.05, 4.69) is 20.8 Å². The van der Waals surface area contributed by atoms with Crippen molar-refractivity contribution in [3.05, 3.63) is 14.0 Å². The predicted molar refractivity (Wildman–Crippen MR) is 79.3 cm³/mol. The van der Waals surface area contributed by atoms with Crippen molar-refractivity contribution in [3.63, 3.8) is 0 Å². The molecule has 115 valence electrons. The van der Waals surface area contributed by atoms with E-state index in [1.807, 2.05) is 0 Å². The normalized spacial score (nSPS) is 33.2. The van der Waals surface area contributed by atoms with Gasteiger partial charge in [-0.2, -0.15) is 11.8 Å². The van der Waals surface area contributed by atoms with Gasteiger partial charge < -0.3 is 16.9 Å². The second-order valence-corrected chi connectivity index (χ2v) is 6.86. The van der Waals surface area contributed by atoms with Crippen molar-refractivity contribution in [2.75, 3.05) is 5.75 Å². The molecule has 5 heteroatoms. The summed E-state index contributed by atoms with van der Waals surface area (Å²) in [7, 11) is 0. The maximum absolute atomic E-state index is 12.0. The molecule has 20 heavy (non-hydrogen) atoms. The maximum atomic E-state index is 12.0. The largest absolute Gasteiger partial charge is 0.533 e. The minimum Gasteiger partial charge on any atom is -0.533 e. The summed E-state index contributed by atoms with van der Waals surface area (Å²) < 4.78 is 11.0. The third-order valence-corrected chi connectivity index (χ3v) is 4.89. The fourth-order valence-corrected chi connectivity index (χ4v) is 3.55. The van der Waals surface area contributed by atoms with Crippen LogP contribution in [-0.2, 0) is 47.0 Å². The Kier molecular flexibility index (Phi) is 10.2. The predicted octanol–water partition coefficient (Wildman–Crippen LogP) is 3.69. The van der Waals surface area contributed by atoms with Gasteiger partial charge in [-0.3, -0.25) is 0 Å². The number of carbonyl (C=O) groups is 1. The topological polar surface area (TPSA) is 35.5 Å². The van der Waals surface area contributed by atoms with Gasteiger partial charge in [-0.05, 0) is 30.6 Å². The molecule has 4 atom stereocenters. The molecule has 0 aromatic carbocycles. The van der Waals surface area contributed by atoms with Gasteiger partial charge in [0, 0.05) is 32.7 Å². The van der Waals surface area contributed by atoms with E-state index in [1.165, 1.54) is 24.6 Å². The van der Waals surface area contributed by atoms with Crippen LogP contribution in [0.15, 0.2) is 0 Å². The molecular weight excluding hydrogens is 349 g/mol. The minimum absolute atomic E-state index is 0. The van der Waals surface area contributed by atoms with E-state index in [0.29, 0.717) is 17.8 Å². The first kappa shape index (κ1) is 20.9. The van der Waals surface area contributed by atoms with Crippen molar-refractivity contribution in [3.8, 4) is 0 Å². The first-order chi connectivity index (χ1) is 8.58. The molecule has 0 amide bonds. The van der Waals surface area contributed by atoms with Crippen LogP contribution in [0.3, 0.4) is 0 Å². The maximum Gasteiger partial charge on any atom is 0.343 e. The van der Waals surface area contributed by atoms with Crippen LogP contribution < -0.4 is 0 Å². The molecule has 1 aliphatic carbocycles. The Labute approximate surface area is 153 Å². The van der Waals surface area contributed by atoms with Gasteiger partial charge in [0.2, 0.25) is 0 Å². The number of carbonyl (C=O) groups excluding carboxylic acids is 1. The van der Waals surface area contributed by atoms with Crippen LogP contribution in [0.2, 0.25) is 0 Å². The van der Waals surface area contributed by atoms with Gasteiger partial charge in [0.05, 0.1) is 0 Å². The van der Waals surface area contributed by atoms with E-state index >= 15 is 0 Å². The zero-order chi connectivity index (χ0) is 13.1. The van der Waals surface area contributed by atoms with E-state index in [4.69, 9.17) is 9.47 Å². The average Bonchev–Trinajstić information content (AvgIpc) is 2.81. The van der Waals surface area contributed by atoms with Crippen molar-refractivity contribution in [2.45, 2.75) is 51.6 Å². The summed E-state index contributed by atoms with van der Waals surface area (Å²) in [4.78, 5) is 12.0. The van der Waals surface area contributed by atoms with Gasteiger partial charge in [-0.1, -0.05) is 27.2 Å². The molecule has 1 heterocycles. The van der Waals surface area contributed by atoms with Gasteiger partial charge in [-0.15, -0.1) is 5.75 Å². The Morgan fingerprint density at radius 1 is 1.40 bits per heavy atom.